The lowest BCUT2D eigenvalue weighted by atomic mass is 9.89. The highest BCUT2D eigenvalue weighted by atomic mass is 32.1. The first kappa shape index (κ1) is 28.9. The van der Waals surface area contributed by atoms with Gasteiger partial charge in [0.25, 0.3) is 17.4 Å². The van der Waals surface area contributed by atoms with Crippen LogP contribution >= 0.6 is 11.3 Å². The zero-order chi connectivity index (χ0) is 27.9. The SMILES string of the molecule is Cc1cc(C(O)(C(F)(F)F)C(F)(F)F)ccc1-c1sc(C(=O)NCC(C)C)nc1C(=O)N1CCCC1C. The number of likely N-dealkylation sites (tertiary alicyclic amines) is 1. The molecule has 2 amide bonds. The Morgan fingerprint density at radius 2 is 1.81 bits per heavy atom. The summed E-state index contributed by atoms with van der Waals surface area (Å²) in [6, 6.07) is 1.98. The van der Waals surface area contributed by atoms with Crippen LogP contribution in [0.1, 0.15) is 65.0 Å². The number of benzene rings is 1. The van der Waals surface area contributed by atoms with Crippen LogP contribution in [0.15, 0.2) is 18.2 Å². The summed E-state index contributed by atoms with van der Waals surface area (Å²) < 4.78 is 80.2. The molecule has 3 rings (SSSR count). The number of rotatable bonds is 6. The third kappa shape index (κ3) is 5.47. The van der Waals surface area contributed by atoms with Crippen molar-refractivity contribution >= 4 is 23.2 Å². The number of aliphatic hydroxyl groups is 1. The smallest absolute Gasteiger partial charge is 0.369 e. The van der Waals surface area contributed by atoms with Crippen molar-refractivity contribution < 1.29 is 41.0 Å². The normalized spacial score (nSPS) is 17.0. The Balaban J connectivity index is 2.13. The number of aryl methyl sites for hydroxylation is 1. The highest BCUT2D eigenvalue weighted by Crippen LogP contribution is 2.50. The molecule has 13 heteroatoms. The molecule has 204 valence electrons. The summed E-state index contributed by atoms with van der Waals surface area (Å²) in [5, 5.41) is 12.4. The minimum atomic E-state index is -6.03. The summed E-state index contributed by atoms with van der Waals surface area (Å²) in [6.45, 7) is 7.66. The van der Waals surface area contributed by atoms with Crippen molar-refractivity contribution in [3.05, 3.63) is 40.0 Å². The number of amides is 2. The molecule has 0 radical (unpaired) electrons. The highest BCUT2D eigenvalue weighted by Gasteiger charge is 2.71. The van der Waals surface area contributed by atoms with E-state index in [0.29, 0.717) is 25.2 Å². The number of carbonyl (C=O) groups is 2. The van der Waals surface area contributed by atoms with E-state index in [9.17, 15) is 41.0 Å². The Kier molecular flexibility index (Phi) is 8.00. The van der Waals surface area contributed by atoms with Gasteiger partial charge in [0.15, 0.2) is 5.01 Å². The summed E-state index contributed by atoms with van der Waals surface area (Å²) in [4.78, 5) is 32.0. The van der Waals surface area contributed by atoms with Gasteiger partial charge in [0, 0.05) is 24.7 Å². The molecule has 0 bridgehead atoms. The van der Waals surface area contributed by atoms with Gasteiger partial charge in [0.2, 0.25) is 0 Å². The monoisotopic (exact) mass is 551 g/mol. The quantitative estimate of drug-likeness (QED) is 0.469. The molecule has 1 aromatic carbocycles. The van der Waals surface area contributed by atoms with E-state index in [-0.39, 0.29) is 38.7 Å². The Labute approximate surface area is 213 Å². The predicted molar refractivity (Wildman–Crippen MR) is 125 cm³/mol. The number of halogens is 6. The lowest BCUT2D eigenvalue weighted by molar-refractivity contribution is -0.376. The molecular weight excluding hydrogens is 524 g/mol. The van der Waals surface area contributed by atoms with Crippen LogP contribution in [0.4, 0.5) is 26.3 Å². The Morgan fingerprint density at radius 3 is 2.30 bits per heavy atom. The first-order valence-corrected chi connectivity index (χ1v) is 12.4. The molecule has 1 atom stereocenters. The molecule has 1 unspecified atom stereocenters. The van der Waals surface area contributed by atoms with Gasteiger partial charge in [-0.1, -0.05) is 32.0 Å². The Morgan fingerprint density at radius 1 is 1.19 bits per heavy atom. The third-order valence-electron chi connectivity index (χ3n) is 6.22. The van der Waals surface area contributed by atoms with Crippen LogP contribution < -0.4 is 5.32 Å². The predicted octanol–water partition coefficient (Wildman–Crippen LogP) is 5.44. The molecule has 1 saturated heterocycles. The summed E-state index contributed by atoms with van der Waals surface area (Å²) in [6.07, 6.45) is -10.5. The first-order chi connectivity index (χ1) is 17.0. The number of carbonyl (C=O) groups excluding carboxylic acids is 2. The number of aromatic nitrogens is 1. The fraction of sp³-hybridized carbons (Fsp3) is 0.542. The van der Waals surface area contributed by atoms with Gasteiger partial charge in [-0.2, -0.15) is 26.3 Å². The van der Waals surface area contributed by atoms with Crippen molar-refractivity contribution in [2.24, 2.45) is 5.92 Å². The van der Waals surface area contributed by atoms with Gasteiger partial charge < -0.3 is 15.3 Å². The van der Waals surface area contributed by atoms with Crippen molar-refractivity contribution in [2.75, 3.05) is 13.1 Å². The maximum absolute atomic E-state index is 13.4. The molecule has 0 aliphatic carbocycles. The van der Waals surface area contributed by atoms with Crippen molar-refractivity contribution in [3.63, 3.8) is 0 Å². The molecule has 0 spiro atoms. The van der Waals surface area contributed by atoms with E-state index >= 15 is 0 Å². The van der Waals surface area contributed by atoms with Gasteiger partial charge >= 0.3 is 12.4 Å². The number of nitrogens with zero attached hydrogens (tertiary/aromatic N) is 2. The van der Waals surface area contributed by atoms with Gasteiger partial charge in [-0.3, -0.25) is 9.59 Å². The molecular formula is C24H27F6N3O3S. The summed E-state index contributed by atoms with van der Waals surface area (Å²) >= 11 is 0.822. The molecule has 0 saturated carbocycles. The molecule has 2 aromatic rings. The standard InChI is InChI=1S/C24H27F6N3O3S/c1-12(2)11-31-19(34)20-32-17(21(35)33-9-5-6-14(33)4)18(37-20)16-8-7-15(10-13(16)3)22(36,23(25,26)27)24(28,29)30/h7-8,10,12,14,36H,5-6,9,11H2,1-4H3,(H,31,34). The van der Waals surface area contributed by atoms with Crippen LogP contribution in [0.2, 0.25) is 0 Å². The number of nitrogens with one attached hydrogen (secondary N) is 1. The topological polar surface area (TPSA) is 82.5 Å². The van der Waals surface area contributed by atoms with Crippen LogP contribution in [-0.2, 0) is 5.60 Å². The fourth-order valence-electron chi connectivity index (χ4n) is 4.12. The molecule has 37 heavy (non-hydrogen) atoms. The molecule has 2 N–H and O–H groups in total. The number of alkyl halides is 6. The second-order valence-electron chi connectivity index (χ2n) is 9.53. The average molecular weight is 552 g/mol. The van der Waals surface area contributed by atoms with Crippen LogP contribution in [0, 0.1) is 12.8 Å². The van der Waals surface area contributed by atoms with Crippen LogP contribution in [0.3, 0.4) is 0 Å². The van der Waals surface area contributed by atoms with Gasteiger partial charge in [-0.05, 0) is 43.7 Å². The minimum absolute atomic E-state index is 0.0589. The number of hydrogen-bond donors (Lipinski definition) is 2. The van der Waals surface area contributed by atoms with Crippen molar-refractivity contribution in [2.45, 2.75) is 64.5 Å². The summed E-state index contributed by atoms with van der Waals surface area (Å²) in [7, 11) is 0. The first-order valence-electron chi connectivity index (χ1n) is 11.6. The van der Waals surface area contributed by atoms with Crippen LogP contribution in [0.5, 0.6) is 0 Å². The van der Waals surface area contributed by atoms with E-state index in [2.05, 4.69) is 10.3 Å². The lowest BCUT2D eigenvalue weighted by Crippen LogP contribution is -2.53. The van der Waals surface area contributed by atoms with Gasteiger partial charge in [-0.15, -0.1) is 11.3 Å². The lowest BCUT2D eigenvalue weighted by Gasteiger charge is -2.33. The van der Waals surface area contributed by atoms with E-state index < -0.39 is 35.3 Å². The molecule has 1 aliphatic rings. The highest BCUT2D eigenvalue weighted by molar-refractivity contribution is 7.17. The van der Waals surface area contributed by atoms with E-state index in [0.717, 1.165) is 30.2 Å². The van der Waals surface area contributed by atoms with Gasteiger partial charge in [0.05, 0.1) is 4.88 Å². The zero-order valence-corrected chi connectivity index (χ0v) is 21.4. The van der Waals surface area contributed by atoms with E-state index in [1.807, 2.05) is 20.8 Å². The maximum atomic E-state index is 13.4. The Hall–Kier alpha value is -2.67. The zero-order valence-electron chi connectivity index (χ0n) is 20.5. The van der Waals surface area contributed by atoms with Crippen molar-refractivity contribution in [1.82, 2.24) is 15.2 Å². The van der Waals surface area contributed by atoms with Gasteiger partial charge in [0.1, 0.15) is 5.69 Å². The minimum Gasteiger partial charge on any atom is -0.369 e. The van der Waals surface area contributed by atoms with E-state index in [1.165, 1.54) is 6.92 Å². The number of hydrogen-bond acceptors (Lipinski definition) is 5. The largest absolute Gasteiger partial charge is 0.430 e. The molecule has 2 heterocycles. The second-order valence-corrected chi connectivity index (χ2v) is 10.5. The van der Waals surface area contributed by atoms with E-state index in [4.69, 9.17) is 0 Å². The van der Waals surface area contributed by atoms with Crippen molar-refractivity contribution in [1.29, 1.82) is 0 Å². The fourth-order valence-corrected chi connectivity index (χ4v) is 5.18. The van der Waals surface area contributed by atoms with E-state index in [1.54, 1.807) is 4.90 Å². The summed E-state index contributed by atoms with van der Waals surface area (Å²) in [5.41, 5.74) is -6.53. The summed E-state index contributed by atoms with van der Waals surface area (Å²) in [5.74, 6) is -0.901. The third-order valence-corrected chi connectivity index (χ3v) is 7.31. The molecule has 1 aromatic heterocycles. The number of thiazole rings is 1. The molecule has 6 nitrogen and oxygen atoms in total. The van der Waals surface area contributed by atoms with Crippen LogP contribution in [-0.4, -0.2) is 58.3 Å². The second kappa shape index (κ2) is 10.2. The molecule has 1 fully saturated rings. The van der Waals surface area contributed by atoms with Gasteiger partial charge in [-0.25, -0.2) is 4.98 Å². The van der Waals surface area contributed by atoms with Crippen molar-refractivity contribution in [3.8, 4) is 10.4 Å². The Bertz CT molecular complexity index is 1160. The maximum Gasteiger partial charge on any atom is 0.430 e. The molecule has 1 aliphatic heterocycles. The average Bonchev–Trinajstić information content (AvgIpc) is 3.41. The van der Waals surface area contributed by atoms with Crippen LogP contribution in [0.25, 0.3) is 10.4 Å².